The minimum Gasteiger partial charge on any atom is -0.463 e. The number of nitrogens with one attached hydrogen (secondary N) is 1. The third-order valence-corrected chi connectivity index (χ3v) is 2.36. The molecule has 1 N–H and O–H groups in total. The summed E-state index contributed by atoms with van der Waals surface area (Å²) in [7, 11) is 0. The van der Waals surface area contributed by atoms with Crippen LogP contribution in [0.25, 0.3) is 0 Å². The van der Waals surface area contributed by atoms with Crippen LogP contribution in [-0.2, 0) is 4.74 Å². The molecule has 0 aliphatic heterocycles. The summed E-state index contributed by atoms with van der Waals surface area (Å²) in [6, 6.07) is 0.247. The fraction of sp³-hybridized carbons (Fsp3) is 0.750. The maximum Gasteiger partial charge on any atom is 0.322 e. The number of ether oxygens (including phenoxy) is 2. The lowest BCUT2D eigenvalue weighted by Crippen LogP contribution is -2.13. The Morgan fingerprint density at radius 3 is 2.63 bits per heavy atom. The summed E-state index contributed by atoms with van der Waals surface area (Å²) in [5.74, 6) is 0.408. The first-order chi connectivity index (χ1) is 9.26. The Balaban J connectivity index is 2.34. The molecule has 0 aliphatic rings. The second kappa shape index (κ2) is 9.75. The highest BCUT2D eigenvalue weighted by Crippen LogP contribution is 2.11. The van der Waals surface area contributed by atoms with E-state index in [1.807, 2.05) is 6.92 Å². The van der Waals surface area contributed by atoms with Crippen molar-refractivity contribution in [3.05, 3.63) is 5.28 Å². The Labute approximate surface area is 118 Å². The number of nitrogens with zero attached hydrogens (tertiary/aromatic N) is 3. The Kier molecular flexibility index (Phi) is 8.16. The van der Waals surface area contributed by atoms with E-state index >= 15 is 0 Å². The smallest absolute Gasteiger partial charge is 0.322 e. The molecule has 0 atom stereocenters. The summed E-state index contributed by atoms with van der Waals surface area (Å²) in [5.41, 5.74) is 0. The first-order valence-electron chi connectivity index (χ1n) is 6.62. The Morgan fingerprint density at radius 1 is 1.05 bits per heavy atom. The van der Waals surface area contributed by atoms with Gasteiger partial charge in [0.2, 0.25) is 11.2 Å². The molecule has 0 radical (unpaired) electrons. The molecule has 0 amide bonds. The van der Waals surface area contributed by atoms with Crippen LogP contribution in [0.4, 0.5) is 5.95 Å². The van der Waals surface area contributed by atoms with Crippen molar-refractivity contribution in [1.82, 2.24) is 15.0 Å². The SMILES string of the molecule is CCCCOCCNc1nc(Cl)nc(OCCC)n1. The molecule has 1 heterocycles. The maximum atomic E-state index is 5.80. The van der Waals surface area contributed by atoms with Crippen LogP contribution in [0.15, 0.2) is 0 Å². The monoisotopic (exact) mass is 288 g/mol. The van der Waals surface area contributed by atoms with E-state index in [1.54, 1.807) is 0 Å². The van der Waals surface area contributed by atoms with Crippen molar-refractivity contribution in [2.75, 3.05) is 31.7 Å². The average Bonchev–Trinajstić information content (AvgIpc) is 2.40. The number of rotatable bonds is 10. The number of anilines is 1. The van der Waals surface area contributed by atoms with Gasteiger partial charge >= 0.3 is 6.01 Å². The molecule has 6 nitrogen and oxygen atoms in total. The highest BCUT2D eigenvalue weighted by molar-refractivity contribution is 6.28. The van der Waals surface area contributed by atoms with Gasteiger partial charge in [0, 0.05) is 13.2 Å². The number of aromatic nitrogens is 3. The van der Waals surface area contributed by atoms with Crippen molar-refractivity contribution >= 4 is 17.5 Å². The lowest BCUT2D eigenvalue weighted by molar-refractivity contribution is 0.141. The fourth-order valence-electron chi connectivity index (χ4n) is 1.25. The largest absolute Gasteiger partial charge is 0.463 e. The van der Waals surface area contributed by atoms with Crippen molar-refractivity contribution in [1.29, 1.82) is 0 Å². The summed E-state index contributed by atoms with van der Waals surface area (Å²) in [5, 5.41) is 3.15. The van der Waals surface area contributed by atoms with E-state index in [1.165, 1.54) is 0 Å². The van der Waals surface area contributed by atoms with E-state index in [2.05, 4.69) is 27.2 Å². The molecule has 1 rings (SSSR count). The van der Waals surface area contributed by atoms with Crippen LogP contribution in [0.3, 0.4) is 0 Å². The molecule has 0 fully saturated rings. The van der Waals surface area contributed by atoms with E-state index in [0.717, 1.165) is 25.9 Å². The van der Waals surface area contributed by atoms with Crippen molar-refractivity contribution in [2.24, 2.45) is 0 Å². The van der Waals surface area contributed by atoms with Crippen molar-refractivity contribution in [2.45, 2.75) is 33.1 Å². The standard InChI is InChI=1S/C12H21ClN4O2/c1-3-5-8-18-9-6-14-11-15-10(13)16-12(17-11)19-7-4-2/h3-9H2,1-2H3,(H,14,15,16,17). The highest BCUT2D eigenvalue weighted by Gasteiger charge is 2.05. The first kappa shape index (κ1) is 15.9. The predicted octanol–water partition coefficient (Wildman–Crippen LogP) is 2.54. The Hall–Kier alpha value is -1.14. The molecule has 0 bridgehead atoms. The van der Waals surface area contributed by atoms with Crippen LogP contribution in [-0.4, -0.2) is 41.3 Å². The van der Waals surface area contributed by atoms with Gasteiger partial charge in [0.1, 0.15) is 0 Å². The van der Waals surface area contributed by atoms with Gasteiger partial charge in [0.15, 0.2) is 0 Å². The third kappa shape index (κ3) is 7.12. The van der Waals surface area contributed by atoms with Crippen molar-refractivity contribution in [3.63, 3.8) is 0 Å². The van der Waals surface area contributed by atoms with E-state index in [9.17, 15) is 0 Å². The van der Waals surface area contributed by atoms with E-state index < -0.39 is 0 Å². The van der Waals surface area contributed by atoms with E-state index in [-0.39, 0.29) is 11.3 Å². The van der Waals surface area contributed by atoms with Crippen molar-refractivity contribution in [3.8, 4) is 6.01 Å². The highest BCUT2D eigenvalue weighted by atomic mass is 35.5. The molecule has 0 unspecified atom stereocenters. The molecule has 0 saturated heterocycles. The van der Waals surface area contributed by atoms with Gasteiger partial charge in [0.25, 0.3) is 0 Å². The van der Waals surface area contributed by atoms with Crippen LogP contribution in [0.1, 0.15) is 33.1 Å². The predicted molar refractivity (Wildman–Crippen MR) is 74.8 cm³/mol. The molecular formula is C12H21ClN4O2. The van der Waals surface area contributed by atoms with Crippen LogP contribution in [0, 0.1) is 0 Å². The number of hydrogen-bond donors (Lipinski definition) is 1. The van der Waals surface area contributed by atoms with E-state index in [4.69, 9.17) is 21.1 Å². The molecule has 0 aliphatic carbocycles. The summed E-state index contributed by atoms with van der Waals surface area (Å²) in [4.78, 5) is 12.0. The maximum absolute atomic E-state index is 5.80. The van der Waals surface area contributed by atoms with Gasteiger partial charge in [-0.2, -0.15) is 15.0 Å². The van der Waals surface area contributed by atoms with Crippen LogP contribution in [0.2, 0.25) is 5.28 Å². The zero-order valence-corrected chi connectivity index (χ0v) is 12.2. The summed E-state index contributed by atoms with van der Waals surface area (Å²) in [6.07, 6.45) is 3.10. The molecular weight excluding hydrogens is 268 g/mol. The lowest BCUT2D eigenvalue weighted by Gasteiger charge is -2.07. The Morgan fingerprint density at radius 2 is 1.89 bits per heavy atom. The number of hydrogen-bond acceptors (Lipinski definition) is 6. The van der Waals surface area contributed by atoms with Crippen LogP contribution in [0.5, 0.6) is 6.01 Å². The topological polar surface area (TPSA) is 69.2 Å². The second-order valence-corrected chi connectivity index (χ2v) is 4.29. The summed E-state index contributed by atoms with van der Waals surface area (Å²) < 4.78 is 10.7. The van der Waals surface area contributed by atoms with Gasteiger partial charge in [-0.3, -0.25) is 0 Å². The second-order valence-electron chi connectivity index (χ2n) is 3.95. The molecule has 1 aromatic heterocycles. The molecule has 1 aromatic rings. The summed E-state index contributed by atoms with van der Waals surface area (Å²) >= 11 is 5.80. The molecule has 108 valence electrons. The van der Waals surface area contributed by atoms with Gasteiger partial charge in [-0.05, 0) is 24.4 Å². The van der Waals surface area contributed by atoms with Gasteiger partial charge in [-0.15, -0.1) is 0 Å². The lowest BCUT2D eigenvalue weighted by atomic mass is 10.4. The molecule has 0 aromatic carbocycles. The molecule has 19 heavy (non-hydrogen) atoms. The third-order valence-electron chi connectivity index (χ3n) is 2.19. The molecule has 7 heteroatoms. The minimum absolute atomic E-state index is 0.121. The van der Waals surface area contributed by atoms with Gasteiger partial charge in [-0.25, -0.2) is 0 Å². The zero-order valence-electron chi connectivity index (χ0n) is 11.5. The van der Waals surface area contributed by atoms with Gasteiger partial charge in [0.05, 0.1) is 13.2 Å². The van der Waals surface area contributed by atoms with Crippen LogP contribution < -0.4 is 10.1 Å². The first-order valence-corrected chi connectivity index (χ1v) is 7.00. The summed E-state index contributed by atoms with van der Waals surface area (Å²) in [6.45, 7) is 6.70. The molecule has 0 saturated carbocycles. The number of halogens is 1. The van der Waals surface area contributed by atoms with Crippen molar-refractivity contribution < 1.29 is 9.47 Å². The zero-order chi connectivity index (χ0) is 13.9. The minimum atomic E-state index is 0.121. The number of unbranched alkanes of at least 4 members (excludes halogenated alkanes) is 1. The quantitative estimate of drug-likeness (QED) is 0.667. The molecule has 0 spiro atoms. The van der Waals surface area contributed by atoms with Crippen LogP contribution >= 0.6 is 11.6 Å². The fourth-order valence-corrected chi connectivity index (χ4v) is 1.40. The van der Waals surface area contributed by atoms with Gasteiger partial charge < -0.3 is 14.8 Å². The Bertz CT molecular complexity index is 366. The van der Waals surface area contributed by atoms with E-state index in [0.29, 0.717) is 25.7 Å². The normalized spacial score (nSPS) is 10.5. The average molecular weight is 289 g/mol. The van der Waals surface area contributed by atoms with Gasteiger partial charge in [-0.1, -0.05) is 20.3 Å².